The molecule has 2 fully saturated rings. The molecule has 0 aliphatic carbocycles. The second-order valence-electron chi connectivity index (χ2n) is 8.78. The fourth-order valence-electron chi connectivity index (χ4n) is 4.79. The third-order valence-corrected chi connectivity index (χ3v) is 8.28. The standard InChI is InChI=1S/C20H30N4O2S/c1-14(2)9-24-17-8-6-5-7-16(17)21-20(24)12-23-10-15-18(22(3)4)13-27(25,26)19(15)11-23/h5-8,14-15,18-19H,9-13H2,1-4H3/t15-,18+,19-/m0/s1. The molecule has 0 saturated carbocycles. The lowest BCUT2D eigenvalue weighted by atomic mass is 10.00. The highest BCUT2D eigenvalue weighted by atomic mass is 32.2. The van der Waals surface area contributed by atoms with Crippen LogP contribution in [0.25, 0.3) is 11.0 Å². The molecule has 4 rings (SSSR count). The van der Waals surface area contributed by atoms with Gasteiger partial charge in [-0.05, 0) is 32.1 Å². The van der Waals surface area contributed by atoms with E-state index >= 15 is 0 Å². The molecule has 2 aliphatic rings. The van der Waals surface area contributed by atoms with Crippen molar-refractivity contribution in [1.82, 2.24) is 19.4 Å². The topological polar surface area (TPSA) is 58.4 Å². The van der Waals surface area contributed by atoms with Gasteiger partial charge in [-0.3, -0.25) is 4.90 Å². The molecule has 0 spiro atoms. The van der Waals surface area contributed by atoms with Crippen LogP contribution in [0, 0.1) is 11.8 Å². The summed E-state index contributed by atoms with van der Waals surface area (Å²) < 4.78 is 27.6. The first-order valence-corrected chi connectivity index (χ1v) is 11.5. The van der Waals surface area contributed by atoms with E-state index in [4.69, 9.17) is 4.98 Å². The van der Waals surface area contributed by atoms with Crippen LogP contribution in [-0.4, -0.2) is 72.0 Å². The lowest BCUT2D eigenvalue weighted by Gasteiger charge is -2.25. The third kappa shape index (κ3) is 3.41. The van der Waals surface area contributed by atoms with Crippen LogP contribution in [0.3, 0.4) is 0 Å². The molecule has 0 amide bonds. The first-order chi connectivity index (χ1) is 12.8. The van der Waals surface area contributed by atoms with Crippen molar-refractivity contribution < 1.29 is 8.42 Å². The number of sulfone groups is 1. The van der Waals surface area contributed by atoms with Crippen molar-refractivity contribution in [3.8, 4) is 0 Å². The Morgan fingerprint density at radius 3 is 2.67 bits per heavy atom. The van der Waals surface area contributed by atoms with Gasteiger partial charge in [0.2, 0.25) is 0 Å². The number of hydrogen-bond donors (Lipinski definition) is 0. The van der Waals surface area contributed by atoms with E-state index in [2.05, 4.69) is 46.4 Å². The highest BCUT2D eigenvalue weighted by molar-refractivity contribution is 7.92. The molecule has 27 heavy (non-hydrogen) atoms. The van der Waals surface area contributed by atoms with E-state index in [1.165, 1.54) is 5.52 Å². The van der Waals surface area contributed by atoms with E-state index in [1.807, 2.05) is 20.2 Å². The van der Waals surface area contributed by atoms with Crippen LogP contribution in [0.2, 0.25) is 0 Å². The van der Waals surface area contributed by atoms with Crippen LogP contribution in [0.5, 0.6) is 0 Å². The molecule has 0 bridgehead atoms. The number of rotatable bonds is 5. The summed E-state index contributed by atoms with van der Waals surface area (Å²) in [6, 6.07) is 8.38. The summed E-state index contributed by atoms with van der Waals surface area (Å²) in [7, 11) is 0.979. The second kappa shape index (κ2) is 6.87. The predicted octanol–water partition coefficient (Wildman–Crippen LogP) is 1.85. The Morgan fingerprint density at radius 2 is 1.96 bits per heavy atom. The Balaban J connectivity index is 1.61. The van der Waals surface area contributed by atoms with Gasteiger partial charge in [0.25, 0.3) is 0 Å². The van der Waals surface area contributed by atoms with Gasteiger partial charge in [0.1, 0.15) is 5.82 Å². The Hall–Kier alpha value is -1.44. The third-order valence-electron chi connectivity index (χ3n) is 6.05. The number of benzene rings is 1. The van der Waals surface area contributed by atoms with Gasteiger partial charge in [-0.15, -0.1) is 0 Å². The molecule has 2 aliphatic heterocycles. The maximum Gasteiger partial charge on any atom is 0.156 e. The first-order valence-electron chi connectivity index (χ1n) is 9.80. The van der Waals surface area contributed by atoms with E-state index in [0.717, 1.165) is 24.4 Å². The zero-order valence-corrected chi connectivity index (χ0v) is 17.5. The Kier molecular flexibility index (Phi) is 4.81. The van der Waals surface area contributed by atoms with Gasteiger partial charge in [0.05, 0.1) is 28.6 Å². The molecule has 1 aromatic carbocycles. The van der Waals surface area contributed by atoms with Crippen LogP contribution >= 0.6 is 0 Å². The van der Waals surface area contributed by atoms with E-state index in [9.17, 15) is 8.42 Å². The number of nitrogens with zero attached hydrogens (tertiary/aromatic N) is 4. The first kappa shape index (κ1) is 18.9. The maximum absolute atomic E-state index is 12.6. The molecule has 0 radical (unpaired) electrons. The van der Waals surface area contributed by atoms with Gasteiger partial charge in [-0.2, -0.15) is 0 Å². The zero-order chi connectivity index (χ0) is 19.3. The van der Waals surface area contributed by atoms with Crippen molar-refractivity contribution in [2.45, 2.75) is 38.2 Å². The highest BCUT2D eigenvalue weighted by Crippen LogP contribution is 2.36. The predicted molar refractivity (Wildman–Crippen MR) is 108 cm³/mol. The van der Waals surface area contributed by atoms with Gasteiger partial charge in [-0.25, -0.2) is 13.4 Å². The SMILES string of the molecule is CC(C)Cn1c(CN2C[C@H]3[C@H](N(C)C)CS(=O)(=O)[C@H]3C2)nc2ccccc21. The number of aromatic nitrogens is 2. The average molecular weight is 391 g/mol. The molecule has 1 aromatic heterocycles. The van der Waals surface area contributed by atoms with Crippen LogP contribution in [0.4, 0.5) is 0 Å². The van der Waals surface area contributed by atoms with Gasteiger partial charge < -0.3 is 9.47 Å². The van der Waals surface area contributed by atoms with E-state index < -0.39 is 9.84 Å². The number of imidazole rings is 1. The van der Waals surface area contributed by atoms with Crippen LogP contribution in [-0.2, 0) is 22.9 Å². The summed E-state index contributed by atoms with van der Waals surface area (Å²) in [6.45, 7) is 7.53. The molecule has 148 valence electrons. The van der Waals surface area contributed by atoms with Crippen LogP contribution in [0.15, 0.2) is 24.3 Å². The quantitative estimate of drug-likeness (QED) is 0.780. The Bertz CT molecular complexity index is 935. The molecule has 6 nitrogen and oxygen atoms in total. The monoisotopic (exact) mass is 390 g/mol. The molecule has 0 N–H and O–H groups in total. The number of fused-ring (bicyclic) bond motifs is 2. The lowest BCUT2D eigenvalue weighted by Crippen LogP contribution is -2.37. The molecule has 2 aromatic rings. The molecule has 3 heterocycles. The molecule has 2 saturated heterocycles. The van der Waals surface area contributed by atoms with Crippen molar-refractivity contribution in [1.29, 1.82) is 0 Å². The Labute approximate surface area is 162 Å². The smallest absolute Gasteiger partial charge is 0.156 e. The minimum absolute atomic E-state index is 0.125. The summed E-state index contributed by atoms with van der Waals surface area (Å²) in [5, 5.41) is -0.229. The highest BCUT2D eigenvalue weighted by Gasteiger charge is 2.52. The van der Waals surface area contributed by atoms with Gasteiger partial charge in [-0.1, -0.05) is 26.0 Å². The minimum Gasteiger partial charge on any atom is -0.327 e. The number of likely N-dealkylation sites (tertiary alicyclic amines) is 1. The average Bonchev–Trinajstić information content (AvgIpc) is 3.21. The molecular weight excluding hydrogens is 360 g/mol. The number of hydrogen-bond acceptors (Lipinski definition) is 5. The van der Waals surface area contributed by atoms with Crippen molar-refractivity contribution in [2.24, 2.45) is 11.8 Å². The normalized spacial score (nSPS) is 27.9. The van der Waals surface area contributed by atoms with Gasteiger partial charge in [0, 0.05) is 31.6 Å². The molecule has 7 heteroatoms. The fourth-order valence-corrected chi connectivity index (χ4v) is 7.30. The van der Waals surface area contributed by atoms with E-state index in [0.29, 0.717) is 24.8 Å². The lowest BCUT2D eigenvalue weighted by molar-refractivity contribution is 0.227. The molecule has 3 atom stereocenters. The van der Waals surface area contributed by atoms with Crippen LogP contribution in [0.1, 0.15) is 19.7 Å². The minimum atomic E-state index is -3.01. The van der Waals surface area contributed by atoms with E-state index in [1.54, 1.807) is 0 Å². The fraction of sp³-hybridized carbons (Fsp3) is 0.650. The molecular formula is C20H30N4O2S. The largest absolute Gasteiger partial charge is 0.327 e. The van der Waals surface area contributed by atoms with Crippen molar-refractivity contribution in [3.05, 3.63) is 30.1 Å². The summed E-state index contributed by atoms with van der Waals surface area (Å²) >= 11 is 0. The van der Waals surface area contributed by atoms with E-state index in [-0.39, 0.29) is 17.2 Å². The van der Waals surface area contributed by atoms with Gasteiger partial charge in [0.15, 0.2) is 9.84 Å². The summed E-state index contributed by atoms with van der Waals surface area (Å²) in [4.78, 5) is 9.25. The van der Waals surface area contributed by atoms with Crippen LogP contribution < -0.4 is 0 Å². The summed E-state index contributed by atoms with van der Waals surface area (Å²) in [5.41, 5.74) is 2.19. The summed E-state index contributed by atoms with van der Waals surface area (Å²) in [6.07, 6.45) is 0. The van der Waals surface area contributed by atoms with Crippen molar-refractivity contribution in [2.75, 3.05) is 32.9 Å². The summed E-state index contributed by atoms with van der Waals surface area (Å²) in [5.74, 6) is 2.07. The maximum atomic E-state index is 12.6. The second-order valence-corrected chi connectivity index (χ2v) is 11.0. The number of para-hydroxylation sites is 2. The zero-order valence-electron chi connectivity index (χ0n) is 16.7. The molecule has 0 unspecified atom stereocenters. The van der Waals surface area contributed by atoms with Gasteiger partial charge >= 0.3 is 0 Å². The van der Waals surface area contributed by atoms with Crippen molar-refractivity contribution in [3.63, 3.8) is 0 Å². The Morgan fingerprint density at radius 1 is 1.22 bits per heavy atom. The van der Waals surface area contributed by atoms with Crippen molar-refractivity contribution >= 4 is 20.9 Å².